The first-order chi connectivity index (χ1) is 15.1. The van der Waals surface area contributed by atoms with Gasteiger partial charge in [0.05, 0.1) is 5.56 Å². The molecular formula is C28H29N3O. The Morgan fingerprint density at radius 3 is 1.31 bits per heavy atom. The van der Waals surface area contributed by atoms with Crippen molar-refractivity contribution in [2.45, 2.75) is 48.5 Å². The van der Waals surface area contributed by atoms with Crippen LogP contribution >= 0.6 is 0 Å². The Hall–Kier alpha value is -3.53. The fraction of sp³-hybridized carbons (Fsp3) is 0.250. The van der Waals surface area contributed by atoms with E-state index >= 15 is 0 Å². The lowest BCUT2D eigenvalue weighted by atomic mass is 9.97. The predicted molar refractivity (Wildman–Crippen MR) is 131 cm³/mol. The van der Waals surface area contributed by atoms with Crippen LogP contribution in [0.3, 0.4) is 0 Å². The number of aryl methyl sites for hydroxylation is 7. The van der Waals surface area contributed by atoms with Gasteiger partial charge in [-0.05, 0) is 88.4 Å². The quantitative estimate of drug-likeness (QED) is 0.396. The van der Waals surface area contributed by atoms with Crippen LogP contribution in [0.1, 0.15) is 38.9 Å². The molecule has 0 amide bonds. The lowest BCUT2D eigenvalue weighted by molar-refractivity contribution is 0.476. The van der Waals surface area contributed by atoms with Gasteiger partial charge in [0, 0.05) is 11.1 Å². The van der Waals surface area contributed by atoms with Gasteiger partial charge in [0.15, 0.2) is 17.5 Å². The molecule has 4 aromatic rings. The molecule has 3 aromatic carbocycles. The Morgan fingerprint density at radius 1 is 0.500 bits per heavy atom. The molecule has 1 N–H and O–H groups in total. The molecule has 0 saturated heterocycles. The lowest BCUT2D eigenvalue weighted by Gasteiger charge is -2.15. The average Bonchev–Trinajstić information content (AvgIpc) is 2.66. The number of nitrogens with zero attached hydrogens (tertiary/aromatic N) is 3. The molecule has 162 valence electrons. The van der Waals surface area contributed by atoms with E-state index in [1.807, 2.05) is 19.1 Å². The number of rotatable bonds is 3. The number of phenols is 1. The van der Waals surface area contributed by atoms with Crippen molar-refractivity contribution in [1.82, 2.24) is 15.0 Å². The number of phenolic OH excluding ortho intramolecular Hbond substituents is 1. The molecule has 0 aliphatic rings. The molecule has 0 fully saturated rings. The zero-order chi connectivity index (χ0) is 23.2. The molecule has 0 aliphatic heterocycles. The molecule has 4 nitrogen and oxygen atoms in total. The zero-order valence-electron chi connectivity index (χ0n) is 19.8. The minimum atomic E-state index is 0.169. The summed E-state index contributed by atoms with van der Waals surface area (Å²) in [5.41, 5.74) is 10.5. The Balaban J connectivity index is 2.05. The van der Waals surface area contributed by atoms with Crippen LogP contribution in [0.5, 0.6) is 5.75 Å². The highest BCUT2D eigenvalue weighted by Gasteiger charge is 2.19. The smallest absolute Gasteiger partial charge is 0.167 e. The standard InChI is InChI=1S/C28H29N3O/c1-15-8-9-22(23(32)14-15)26-29-27(24-18(4)10-16(2)11-19(24)5)31-28(30-26)25-20(6)12-17(3)13-21(25)7/h8-14,32H,1-7H3. The molecule has 4 heteroatoms. The van der Waals surface area contributed by atoms with Gasteiger partial charge in [0.25, 0.3) is 0 Å². The van der Waals surface area contributed by atoms with Crippen molar-refractivity contribution < 1.29 is 5.11 Å². The third-order valence-corrected chi connectivity index (χ3v) is 5.83. The Bertz CT molecular complexity index is 1230. The van der Waals surface area contributed by atoms with E-state index in [-0.39, 0.29) is 5.75 Å². The van der Waals surface area contributed by atoms with Crippen LogP contribution in [-0.2, 0) is 0 Å². The average molecular weight is 424 g/mol. The minimum absolute atomic E-state index is 0.169. The number of aromatic hydroxyl groups is 1. The summed E-state index contributed by atoms with van der Waals surface area (Å²) in [6.07, 6.45) is 0. The van der Waals surface area contributed by atoms with Crippen molar-refractivity contribution in [2.75, 3.05) is 0 Å². The Labute approximate surface area is 190 Å². The van der Waals surface area contributed by atoms with E-state index in [0.29, 0.717) is 23.0 Å². The summed E-state index contributed by atoms with van der Waals surface area (Å²) in [5, 5.41) is 10.7. The van der Waals surface area contributed by atoms with Gasteiger partial charge in [0.2, 0.25) is 0 Å². The summed E-state index contributed by atoms with van der Waals surface area (Å²) in [6.45, 7) is 14.5. The summed E-state index contributed by atoms with van der Waals surface area (Å²) in [4.78, 5) is 14.6. The van der Waals surface area contributed by atoms with Crippen LogP contribution in [0.4, 0.5) is 0 Å². The van der Waals surface area contributed by atoms with E-state index in [0.717, 1.165) is 38.9 Å². The summed E-state index contributed by atoms with van der Waals surface area (Å²) in [7, 11) is 0. The number of benzene rings is 3. The third-order valence-electron chi connectivity index (χ3n) is 5.83. The molecule has 0 atom stereocenters. The first-order valence-corrected chi connectivity index (χ1v) is 10.9. The normalized spacial score (nSPS) is 11.1. The van der Waals surface area contributed by atoms with Gasteiger partial charge < -0.3 is 5.11 Å². The maximum absolute atomic E-state index is 10.7. The van der Waals surface area contributed by atoms with Crippen molar-refractivity contribution in [2.24, 2.45) is 0 Å². The highest BCUT2D eigenvalue weighted by Crippen LogP contribution is 2.34. The van der Waals surface area contributed by atoms with Crippen molar-refractivity contribution in [3.63, 3.8) is 0 Å². The maximum atomic E-state index is 10.7. The molecule has 0 bridgehead atoms. The van der Waals surface area contributed by atoms with Gasteiger partial charge in [-0.25, -0.2) is 15.0 Å². The van der Waals surface area contributed by atoms with Crippen molar-refractivity contribution in [1.29, 1.82) is 0 Å². The number of hydrogen-bond acceptors (Lipinski definition) is 4. The van der Waals surface area contributed by atoms with Crippen LogP contribution in [0.15, 0.2) is 42.5 Å². The monoisotopic (exact) mass is 423 g/mol. The fourth-order valence-electron chi connectivity index (χ4n) is 4.62. The highest BCUT2D eigenvalue weighted by atomic mass is 16.3. The van der Waals surface area contributed by atoms with Gasteiger partial charge in [-0.15, -0.1) is 0 Å². The predicted octanol–water partition coefficient (Wildman–Crippen LogP) is 6.74. The van der Waals surface area contributed by atoms with Gasteiger partial charge in [0.1, 0.15) is 5.75 Å². The molecule has 32 heavy (non-hydrogen) atoms. The van der Waals surface area contributed by atoms with Gasteiger partial charge in [-0.3, -0.25) is 0 Å². The summed E-state index contributed by atoms with van der Waals surface area (Å²) < 4.78 is 0. The largest absolute Gasteiger partial charge is 0.507 e. The van der Waals surface area contributed by atoms with E-state index in [9.17, 15) is 5.11 Å². The SMILES string of the molecule is Cc1cc(C)c(-c2nc(-c3ccc(C)cc3O)nc(-c3c(C)cc(C)cc3C)n2)c(C)c1. The van der Waals surface area contributed by atoms with Crippen LogP contribution in [0, 0.1) is 48.5 Å². The van der Waals surface area contributed by atoms with E-state index in [1.54, 1.807) is 6.07 Å². The second-order valence-corrected chi connectivity index (χ2v) is 8.87. The number of aromatic nitrogens is 3. The maximum Gasteiger partial charge on any atom is 0.167 e. The van der Waals surface area contributed by atoms with E-state index in [2.05, 4.69) is 65.8 Å². The number of hydrogen-bond donors (Lipinski definition) is 1. The summed E-state index contributed by atoms with van der Waals surface area (Å²) in [6, 6.07) is 14.2. The van der Waals surface area contributed by atoms with E-state index in [4.69, 9.17) is 15.0 Å². The molecule has 0 spiro atoms. The minimum Gasteiger partial charge on any atom is -0.507 e. The van der Waals surface area contributed by atoms with Crippen LogP contribution in [0.25, 0.3) is 34.2 Å². The molecule has 0 radical (unpaired) electrons. The third kappa shape index (κ3) is 4.01. The van der Waals surface area contributed by atoms with Crippen LogP contribution in [-0.4, -0.2) is 20.1 Å². The van der Waals surface area contributed by atoms with Crippen LogP contribution < -0.4 is 0 Å². The van der Waals surface area contributed by atoms with Crippen LogP contribution in [0.2, 0.25) is 0 Å². The fourth-order valence-corrected chi connectivity index (χ4v) is 4.62. The highest BCUT2D eigenvalue weighted by molar-refractivity contribution is 5.74. The lowest BCUT2D eigenvalue weighted by Crippen LogP contribution is -2.04. The van der Waals surface area contributed by atoms with Crippen molar-refractivity contribution in [3.8, 4) is 39.9 Å². The molecule has 0 saturated carbocycles. The topological polar surface area (TPSA) is 58.9 Å². The molecule has 0 aliphatic carbocycles. The molecular weight excluding hydrogens is 394 g/mol. The first kappa shape index (κ1) is 21.7. The Morgan fingerprint density at radius 2 is 0.906 bits per heavy atom. The molecule has 0 unspecified atom stereocenters. The molecule has 1 heterocycles. The van der Waals surface area contributed by atoms with Crippen molar-refractivity contribution >= 4 is 0 Å². The molecule has 4 rings (SSSR count). The second kappa shape index (κ2) is 8.19. The first-order valence-electron chi connectivity index (χ1n) is 10.9. The van der Waals surface area contributed by atoms with Gasteiger partial charge in [-0.1, -0.05) is 41.5 Å². The van der Waals surface area contributed by atoms with Gasteiger partial charge in [-0.2, -0.15) is 0 Å². The molecule has 1 aromatic heterocycles. The van der Waals surface area contributed by atoms with E-state index < -0.39 is 0 Å². The van der Waals surface area contributed by atoms with Gasteiger partial charge >= 0.3 is 0 Å². The zero-order valence-corrected chi connectivity index (χ0v) is 19.8. The second-order valence-electron chi connectivity index (χ2n) is 8.87. The van der Waals surface area contributed by atoms with E-state index in [1.165, 1.54) is 11.1 Å². The summed E-state index contributed by atoms with van der Waals surface area (Å²) in [5.74, 6) is 1.89. The van der Waals surface area contributed by atoms with Crippen molar-refractivity contribution in [3.05, 3.63) is 81.4 Å². The summed E-state index contributed by atoms with van der Waals surface area (Å²) >= 11 is 0. The Kier molecular flexibility index (Phi) is 5.55.